The first-order valence-electron chi connectivity index (χ1n) is 8.41. The zero-order chi connectivity index (χ0) is 17.2. The number of allylic oxidation sites excluding steroid dienone is 1. The number of nitrogens with one attached hydrogen (secondary N) is 1. The summed E-state index contributed by atoms with van der Waals surface area (Å²) in [5.41, 5.74) is 5.87. The molecule has 1 N–H and O–H groups in total. The minimum absolute atomic E-state index is 0.232. The third-order valence-electron chi connectivity index (χ3n) is 5.34. The average Bonchev–Trinajstić information content (AvgIpc) is 2.98. The van der Waals surface area contributed by atoms with Gasteiger partial charge in [0.2, 0.25) is 0 Å². The van der Waals surface area contributed by atoms with Crippen LogP contribution in [0.25, 0.3) is 5.57 Å². The number of benzene rings is 1. The maximum Gasteiger partial charge on any atom is 0.664 e. The number of halogens is 2. The Morgan fingerprint density at radius 3 is 2.42 bits per heavy atom. The molecular weight excluding hydrogens is 305 g/mol. The number of hydrogen-bond donors (Lipinski definition) is 1. The molecule has 2 aliphatic heterocycles. The summed E-state index contributed by atoms with van der Waals surface area (Å²) in [4.78, 5) is 0.289. The summed E-state index contributed by atoms with van der Waals surface area (Å²) in [6.45, 7) is 3.76. The SMILES string of the molecule is CC1=CC(C)[NH+]2C1=C(c1ccccc1)c1c(C)cc(C)n1[B-]2(F)F. The van der Waals surface area contributed by atoms with Crippen LogP contribution in [0.5, 0.6) is 0 Å². The minimum atomic E-state index is -3.77. The topological polar surface area (TPSA) is 9.37 Å². The maximum atomic E-state index is 15.5. The van der Waals surface area contributed by atoms with Crippen LogP contribution in [-0.4, -0.2) is 17.5 Å². The van der Waals surface area contributed by atoms with Gasteiger partial charge >= 0.3 is 6.97 Å². The molecule has 124 valence electrons. The van der Waals surface area contributed by atoms with Crippen LogP contribution in [-0.2, 0) is 0 Å². The van der Waals surface area contributed by atoms with E-state index in [1.54, 1.807) is 6.92 Å². The molecule has 0 saturated carbocycles. The van der Waals surface area contributed by atoms with Crippen LogP contribution in [0.15, 0.2) is 53.7 Å². The lowest BCUT2D eigenvalue weighted by Gasteiger charge is -2.43. The van der Waals surface area contributed by atoms with Gasteiger partial charge in [-0.15, -0.1) is 0 Å². The molecule has 3 heterocycles. The van der Waals surface area contributed by atoms with E-state index in [1.807, 2.05) is 63.2 Å². The number of aryl methyl sites for hydroxylation is 2. The fourth-order valence-electron chi connectivity index (χ4n) is 4.53. The Kier molecular flexibility index (Phi) is 3.16. The number of hydrogen-bond acceptors (Lipinski definition) is 0. The molecule has 2 unspecified atom stereocenters. The quantitative estimate of drug-likeness (QED) is 0.770. The Labute approximate surface area is 141 Å². The van der Waals surface area contributed by atoms with Crippen LogP contribution in [0.4, 0.5) is 8.63 Å². The molecule has 5 heteroatoms. The summed E-state index contributed by atoms with van der Waals surface area (Å²) >= 11 is 0. The number of nitrogens with zero attached hydrogens (tertiary/aromatic N) is 1. The van der Waals surface area contributed by atoms with Crippen molar-refractivity contribution in [2.45, 2.75) is 33.7 Å². The lowest BCUT2D eigenvalue weighted by molar-refractivity contribution is -0.781. The van der Waals surface area contributed by atoms with Crippen LogP contribution in [0.3, 0.4) is 0 Å². The first kappa shape index (κ1) is 15.4. The molecule has 0 amide bonds. The summed E-state index contributed by atoms with van der Waals surface area (Å²) in [7, 11) is 0. The Hall–Kier alpha value is -2.14. The van der Waals surface area contributed by atoms with Crippen LogP contribution in [0, 0.1) is 13.8 Å². The lowest BCUT2D eigenvalue weighted by Crippen LogP contribution is -3.23. The van der Waals surface area contributed by atoms with Crippen molar-refractivity contribution >= 4 is 12.5 Å². The smallest absolute Gasteiger partial charge is 0.404 e. The highest BCUT2D eigenvalue weighted by Crippen LogP contribution is 2.38. The third kappa shape index (κ3) is 1.85. The number of quaternary nitrogens is 1. The minimum Gasteiger partial charge on any atom is -0.404 e. The third-order valence-corrected chi connectivity index (χ3v) is 5.34. The first-order valence-corrected chi connectivity index (χ1v) is 8.41. The van der Waals surface area contributed by atoms with Crippen molar-refractivity contribution in [3.8, 4) is 0 Å². The molecule has 2 aliphatic rings. The van der Waals surface area contributed by atoms with E-state index in [0.717, 1.165) is 28.0 Å². The molecule has 0 fully saturated rings. The molecule has 0 spiro atoms. The highest BCUT2D eigenvalue weighted by atomic mass is 19.2. The Balaban J connectivity index is 2.14. The molecule has 1 aromatic carbocycles. The zero-order valence-corrected chi connectivity index (χ0v) is 14.4. The normalized spacial score (nSPS) is 24.7. The second-order valence-electron chi connectivity index (χ2n) is 7.02. The predicted molar refractivity (Wildman–Crippen MR) is 93.9 cm³/mol. The fraction of sp³-hybridized carbons (Fsp3) is 0.263. The van der Waals surface area contributed by atoms with Gasteiger partial charge in [-0.05, 0) is 56.7 Å². The predicted octanol–water partition coefficient (Wildman–Crippen LogP) is 3.33. The van der Waals surface area contributed by atoms with Crippen molar-refractivity contribution in [3.05, 3.63) is 76.3 Å². The van der Waals surface area contributed by atoms with Gasteiger partial charge in [0, 0.05) is 11.3 Å². The molecule has 1 aromatic heterocycles. The molecular formula is C19H21BF2N2. The average molecular weight is 326 g/mol. The summed E-state index contributed by atoms with van der Waals surface area (Å²) in [6, 6.07) is 11.6. The van der Waals surface area contributed by atoms with Gasteiger partial charge in [-0.2, -0.15) is 0 Å². The van der Waals surface area contributed by atoms with E-state index in [4.69, 9.17) is 0 Å². The van der Waals surface area contributed by atoms with Gasteiger partial charge in [-0.1, -0.05) is 30.3 Å². The van der Waals surface area contributed by atoms with Gasteiger partial charge in [-0.25, -0.2) is 0 Å². The van der Waals surface area contributed by atoms with Crippen molar-refractivity contribution in [2.75, 3.05) is 0 Å². The van der Waals surface area contributed by atoms with Crippen molar-refractivity contribution in [3.63, 3.8) is 0 Å². The van der Waals surface area contributed by atoms with Gasteiger partial charge in [0.15, 0.2) is 0 Å². The van der Waals surface area contributed by atoms with Gasteiger partial charge in [0.05, 0.1) is 11.6 Å². The Bertz CT molecular complexity index is 894. The van der Waals surface area contributed by atoms with Gasteiger partial charge in [0.1, 0.15) is 5.70 Å². The Morgan fingerprint density at radius 2 is 1.75 bits per heavy atom. The van der Waals surface area contributed by atoms with E-state index in [-0.39, 0.29) is 10.9 Å². The summed E-state index contributed by atoms with van der Waals surface area (Å²) in [5, 5.41) is 0. The van der Waals surface area contributed by atoms with Crippen molar-refractivity contribution < 1.29 is 13.4 Å². The van der Waals surface area contributed by atoms with E-state index < -0.39 is 6.97 Å². The van der Waals surface area contributed by atoms with Gasteiger partial charge in [0.25, 0.3) is 0 Å². The first-order chi connectivity index (χ1) is 11.3. The molecule has 4 rings (SSSR count). The van der Waals surface area contributed by atoms with Crippen molar-refractivity contribution in [1.82, 2.24) is 4.48 Å². The second-order valence-corrected chi connectivity index (χ2v) is 7.02. The van der Waals surface area contributed by atoms with Crippen molar-refractivity contribution in [1.29, 1.82) is 0 Å². The largest absolute Gasteiger partial charge is 0.664 e. The summed E-state index contributed by atoms with van der Waals surface area (Å²) < 4.78 is 32.2. The molecule has 0 aliphatic carbocycles. The molecule has 0 saturated heterocycles. The van der Waals surface area contributed by atoms with E-state index in [9.17, 15) is 0 Å². The lowest BCUT2D eigenvalue weighted by atomic mass is 9.82. The van der Waals surface area contributed by atoms with Crippen LogP contribution >= 0.6 is 0 Å². The zero-order valence-electron chi connectivity index (χ0n) is 14.4. The summed E-state index contributed by atoms with van der Waals surface area (Å²) in [5.74, 6) is 0. The van der Waals surface area contributed by atoms with E-state index in [0.29, 0.717) is 11.4 Å². The van der Waals surface area contributed by atoms with E-state index >= 15 is 8.63 Å². The number of rotatable bonds is 1. The molecule has 2 aromatic rings. The second kappa shape index (κ2) is 4.93. The molecule has 2 nitrogen and oxygen atoms in total. The monoisotopic (exact) mass is 326 g/mol. The van der Waals surface area contributed by atoms with E-state index in [1.165, 1.54) is 4.48 Å². The van der Waals surface area contributed by atoms with Crippen LogP contribution in [0.1, 0.15) is 36.4 Å². The van der Waals surface area contributed by atoms with Crippen LogP contribution < -0.4 is 4.81 Å². The molecule has 0 bridgehead atoms. The van der Waals surface area contributed by atoms with Crippen LogP contribution in [0.2, 0.25) is 0 Å². The molecule has 0 radical (unpaired) electrons. The molecule has 2 atom stereocenters. The summed E-state index contributed by atoms with van der Waals surface area (Å²) in [6.07, 6.45) is 1.97. The number of aromatic nitrogens is 1. The standard InChI is InChI=1S/C19H21BF2N2/c1-12-10-14(3)23-18(12)17(16-8-6-5-7-9-16)19-13(2)11-15(4)24(19)20(23,21)22/h5-11,14,23H,1-4H3. The highest BCUT2D eigenvalue weighted by Gasteiger charge is 2.55. The maximum absolute atomic E-state index is 15.5. The number of fused-ring (bicyclic) bond motifs is 2. The highest BCUT2D eigenvalue weighted by molar-refractivity contribution is 6.57. The van der Waals surface area contributed by atoms with Gasteiger partial charge in [-0.3, -0.25) is 0 Å². The Morgan fingerprint density at radius 1 is 1.08 bits per heavy atom. The fourth-order valence-corrected chi connectivity index (χ4v) is 4.53. The molecule has 24 heavy (non-hydrogen) atoms. The van der Waals surface area contributed by atoms with E-state index in [2.05, 4.69) is 0 Å². The van der Waals surface area contributed by atoms with Crippen molar-refractivity contribution in [2.24, 2.45) is 0 Å². The van der Waals surface area contributed by atoms with Gasteiger partial charge < -0.3 is 17.9 Å².